The van der Waals surface area contributed by atoms with Crippen LogP contribution < -0.4 is 25.0 Å². The summed E-state index contributed by atoms with van der Waals surface area (Å²) in [6.07, 6.45) is 1.62. The quantitative estimate of drug-likeness (QED) is 0.481. The lowest BCUT2D eigenvalue weighted by molar-refractivity contribution is -0.136. The number of hydrogen-bond donors (Lipinski definition) is 2. The molecule has 1 unspecified atom stereocenters. The van der Waals surface area contributed by atoms with Crippen molar-refractivity contribution < 1.29 is 23.5 Å². The number of benzene rings is 2. The molecule has 1 atom stereocenters. The summed E-state index contributed by atoms with van der Waals surface area (Å²) in [6, 6.07) is 18.5. The molecule has 1 saturated heterocycles. The number of anilines is 2. The molecule has 2 N–H and O–H groups in total. The molecule has 9 heteroatoms. The van der Waals surface area contributed by atoms with E-state index in [1.807, 2.05) is 24.3 Å². The van der Waals surface area contributed by atoms with Crippen molar-refractivity contribution in [3.63, 3.8) is 0 Å². The van der Waals surface area contributed by atoms with Crippen LogP contribution in [0.2, 0.25) is 0 Å². The first-order valence-electron chi connectivity index (χ1n) is 11.5. The van der Waals surface area contributed by atoms with E-state index < -0.39 is 11.8 Å². The van der Waals surface area contributed by atoms with Crippen LogP contribution in [0.25, 0.3) is 0 Å². The van der Waals surface area contributed by atoms with Gasteiger partial charge in [0, 0.05) is 38.4 Å². The number of carbonyl (C=O) groups excluding carboxylic acids is 2. The predicted molar refractivity (Wildman–Crippen MR) is 133 cm³/mol. The highest BCUT2D eigenvalue weighted by Crippen LogP contribution is 2.26. The monoisotopic (exact) mass is 478 g/mol. The number of amides is 2. The lowest BCUT2D eigenvalue weighted by Crippen LogP contribution is -2.50. The number of hydrogen-bond acceptors (Lipinski definition) is 7. The summed E-state index contributed by atoms with van der Waals surface area (Å²) in [7, 11) is 3.16. The van der Waals surface area contributed by atoms with Crippen LogP contribution in [0.15, 0.2) is 71.3 Å². The second-order valence-corrected chi connectivity index (χ2v) is 8.12. The van der Waals surface area contributed by atoms with Crippen LogP contribution in [0.1, 0.15) is 11.8 Å². The molecule has 1 aliphatic heterocycles. The summed E-state index contributed by atoms with van der Waals surface area (Å²) in [5, 5.41) is 5.36. The standard InChI is InChI=1S/C26H30N4O5/c1-33-20-11-9-19(10-12-20)29-13-15-30(16-14-29)22(24-8-5-17-35-24)18-27-25(31)26(32)28-21-6-3-4-7-23(21)34-2/h3-12,17,22H,13-16,18H2,1-2H3,(H,27,31)(H,28,32). The maximum atomic E-state index is 12.6. The molecule has 0 aliphatic carbocycles. The van der Waals surface area contributed by atoms with Crippen LogP contribution in [0, 0.1) is 0 Å². The molecule has 2 amide bonds. The fourth-order valence-corrected chi connectivity index (χ4v) is 4.17. The number of furan rings is 1. The van der Waals surface area contributed by atoms with Gasteiger partial charge >= 0.3 is 11.8 Å². The number of piperazine rings is 1. The van der Waals surface area contributed by atoms with E-state index in [1.165, 1.54) is 7.11 Å². The van der Waals surface area contributed by atoms with Crippen LogP contribution in [0.4, 0.5) is 11.4 Å². The van der Waals surface area contributed by atoms with E-state index in [1.54, 1.807) is 37.6 Å². The Balaban J connectivity index is 1.36. The third kappa shape index (κ3) is 5.93. The van der Waals surface area contributed by atoms with Crippen molar-refractivity contribution in [3.8, 4) is 11.5 Å². The molecule has 0 bridgehead atoms. The van der Waals surface area contributed by atoms with Crippen molar-refractivity contribution in [2.24, 2.45) is 0 Å². The van der Waals surface area contributed by atoms with Gasteiger partial charge in [-0.1, -0.05) is 12.1 Å². The Morgan fingerprint density at radius 1 is 0.914 bits per heavy atom. The van der Waals surface area contributed by atoms with Crippen molar-refractivity contribution in [2.75, 3.05) is 57.2 Å². The van der Waals surface area contributed by atoms with Crippen LogP contribution in [0.5, 0.6) is 11.5 Å². The Morgan fingerprint density at radius 2 is 1.66 bits per heavy atom. The molecule has 0 spiro atoms. The molecule has 1 aromatic heterocycles. The Labute approximate surface area is 204 Å². The minimum atomic E-state index is -0.753. The van der Waals surface area contributed by atoms with Crippen LogP contribution >= 0.6 is 0 Å². The van der Waals surface area contributed by atoms with E-state index in [0.29, 0.717) is 11.4 Å². The third-order valence-corrected chi connectivity index (χ3v) is 6.08. The first-order chi connectivity index (χ1) is 17.1. The largest absolute Gasteiger partial charge is 0.497 e. The van der Waals surface area contributed by atoms with E-state index in [0.717, 1.165) is 43.4 Å². The van der Waals surface area contributed by atoms with Crippen molar-refractivity contribution in [1.29, 1.82) is 0 Å². The minimum absolute atomic E-state index is 0.189. The minimum Gasteiger partial charge on any atom is -0.497 e. The number of nitrogens with zero attached hydrogens (tertiary/aromatic N) is 2. The van der Waals surface area contributed by atoms with E-state index in [2.05, 4.69) is 32.6 Å². The van der Waals surface area contributed by atoms with Gasteiger partial charge in [0.15, 0.2) is 0 Å². The van der Waals surface area contributed by atoms with E-state index in [4.69, 9.17) is 13.9 Å². The van der Waals surface area contributed by atoms with Crippen LogP contribution in [-0.4, -0.2) is 63.7 Å². The molecule has 1 aliphatic rings. The first-order valence-corrected chi connectivity index (χ1v) is 11.5. The average molecular weight is 479 g/mol. The fraction of sp³-hybridized carbons (Fsp3) is 0.308. The maximum absolute atomic E-state index is 12.6. The summed E-state index contributed by atoms with van der Waals surface area (Å²) in [6.45, 7) is 3.45. The number of carbonyl (C=O) groups is 2. The van der Waals surface area contributed by atoms with Crippen LogP contribution in [0.3, 0.4) is 0 Å². The number of para-hydroxylation sites is 2. The highest BCUT2D eigenvalue weighted by Gasteiger charge is 2.28. The van der Waals surface area contributed by atoms with Gasteiger partial charge in [-0.25, -0.2) is 0 Å². The number of nitrogens with one attached hydrogen (secondary N) is 2. The topological polar surface area (TPSA) is 96.3 Å². The summed E-state index contributed by atoms with van der Waals surface area (Å²) >= 11 is 0. The van der Waals surface area contributed by atoms with Crippen LogP contribution in [-0.2, 0) is 9.59 Å². The molecule has 2 aromatic carbocycles. The zero-order valence-corrected chi connectivity index (χ0v) is 19.9. The molecule has 184 valence electrons. The van der Waals surface area contributed by atoms with Gasteiger partial charge in [0.1, 0.15) is 17.3 Å². The van der Waals surface area contributed by atoms with E-state index in [-0.39, 0.29) is 12.6 Å². The Morgan fingerprint density at radius 3 is 2.31 bits per heavy atom. The van der Waals surface area contributed by atoms with Crippen molar-refractivity contribution in [1.82, 2.24) is 10.2 Å². The summed E-state index contributed by atoms with van der Waals surface area (Å²) in [5.74, 6) is 0.585. The fourth-order valence-electron chi connectivity index (χ4n) is 4.17. The van der Waals surface area contributed by atoms with Crippen molar-refractivity contribution in [2.45, 2.75) is 6.04 Å². The molecular weight excluding hydrogens is 448 g/mol. The van der Waals surface area contributed by atoms with Crippen molar-refractivity contribution in [3.05, 3.63) is 72.7 Å². The summed E-state index contributed by atoms with van der Waals surface area (Å²) in [5.41, 5.74) is 1.58. The number of ether oxygens (including phenoxy) is 2. The van der Waals surface area contributed by atoms with Gasteiger partial charge in [0.2, 0.25) is 0 Å². The lowest BCUT2D eigenvalue weighted by Gasteiger charge is -2.39. The SMILES string of the molecule is COc1ccc(N2CCN(C(CNC(=O)C(=O)Nc3ccccc3OC)c3ccco3)CC2)cc1. The van der Waals surface area contributed by atoms with Gasteiger partial charge in [-0.2, -0.15) is 0 Å². The highest BCUT2D eigenvalue weighted by molar-refractivity contribution is 6.39. The average Bonchev–Trinajstić information content (AvgIpc) is 3.44. The zero-order chi connectivity index (χ0) is 24.6. The Bertz CT molecular complexity index is 1110. The predicted octanol–water partition coefficient (Wildman–Crippen LogP) is 2.92. The van der Waals surface area contributed by atoms with Gasteiger partial charge in [0.25, 0.3) is 0 Å². The molecule has 35 heavy (non-hydrogen) atoms. The molecule has 1 fully saturated rings. The zero-order valence-electron chi connectivity index (χ0n) is 19.9. The molecule has 4 rings (SSSR count). The van der Waals surface area contributed by atoms with Crippen molar-refractivity contribution >= 4 is 23.2 Å². The second kappa shape index (κ2) is 11.4. The highest BCUT2D eigenvalue weighted by atomic mass is 16.5. The molecule has 9 nitrogen and oxygen atoms in total. The Hall–Kier alpha value is -3.98. The Kier molecular flexibility index (Phi) is 7.89. The number of rotatable bonds is 8. The molecule has 2 heterocycles. The molecule has 0 saturated carbocycles. The summed E-state index contributed by atoms with van der Waals surface area (Å²) < 4.78 is 16.1. The normalized spacial score (nSPS) is 14.7. The van der Waals surface area contributed by atoms with Gasteiger partial charge in [-0.15, -0.1) is 0 Å². The van der Waals surface area contributed by atoms with E-state index >= 15 is 0 Å². The van der Waals surface area contributed by atoms with Gasteiger partial charge in [-0.05, 0) is 48.5 Å². The number of methoxy groups -OCH3 is 2. The first kappa shape index (κ1) is 24.2. The molecule has 3 aromatic rings. The van der Waals surface area contributed by atoms with Gasteiger partial charge in [-0.3, -0.25) is 14.5 Å². The molecule has 0 radical (unpaired) electrons. The van der Waals surface area contributed by atoms with Gasteiger partial charge in [0.05, 0.1) is 32.2 Å². The second-order valence-electron chi connectivity index (χ2n) is 8.12. The van der Waals surface area contributed by atoms with E-state index in [9.17, 15) is 9.59 Å². The lowest BCUT2D eigenvalue weighted by atomic mass is 10.1. The summed E-state index contributed by atoms with van der Waals surface area (Å²) in [4.78, 5) is 29.6. The molecular formula is C26H30N4O5. The third-order valence-electron chi connectivity index (χ3n) is 6.08. The van der Waals surface area contributed by atoms with Gasteiger partial charge < -0.3 is 29.4 Å². The smallest absolute Gasteiger partial charge is 0.313 e. The maximum Gasteiger partial charge on any atom is 0.313 e.